The van der Waals surface area contributed by atoms with Gasteiger partial charge in [-0.2, -0.15) is 0 Å². The van der Waals surface area contributed by atoms with Gasteiger partial charge in [0.25, 0.3) is 0 Å². The van der Waals surface area contributed by atoms with Crippen molar-refractivity contribution in [1.29, 1.82) is 0 Å². The van der Waals surface area contributed by atoms with E-state index < -0.39 is 17.9 Å². The second kappa shape index (κ2) is 7.29. The van der Waals surface area contributed by atoms with Crippen molar-refractivity contribution in [3.05, 3.63) is 60.2 Å². The van der Waals surface area contributed by atoms with Crippen LogP contribution in [0.5, 0.6) is 0 Å². The van der Waals surface area contributed by atoms with Crippen LogP contribution in [-0.2, 0) is 11.2 Å². The topological polar surface area (TPSA) is 58.6 Å². The molecule has 4 heteroatoms. The molecule has 1 atom stereocenters. The summed E-state index contributed by atoms with van der Waals surface area (Å²) in [7, 11) is 0. The smallest absolute Gasteiger partial charge is 0.409 e. The van der Waals surface area contributed by atoms with Crippen molar-refractivity contribution in [2.45, 2.75) is 39.0 Å². The fraction of sp³-hybridized carbons (Fsp3) is 0.316. The minimum absolute atomic E-state index is 0.328. The Morgan fingerprint density at radius 2 is 1.61 bits per heavy atom. The van der Waals surface area contributed by atoms with E-state index in [0.717, 1.165) is 16.7 Å². The van der Waals surface area contributed by atoms with Gasteiger partial charge in [0.05, 0.1) is 0 Å². The Bertz CT molecular complexity index is 630. The van der Waals surface area contributed by atoms with E-state index >= 15 is 0 Å². The zero-order chi connectivity index (χ0) is 16.9. The van der Waals surface area contributed by atoms with Gasteiger partial charge in [-0.05, 0) is 37.5 Å². The highest BCUT2D eigenvalue weighted by Crippen LogP contribution is 2.19. The van der Waals surface area contributed by atoms with Gasteiger partial charge in [-0.1, -0.05) is 54.6 Å². The van der Waals surface area contributed by atoms with Crippen LogP contribution in [0.3, 0.4) is 0 Å². The molecular weight excluding hydrogens is 290 g/mol. The predicted molar refractivity (Wildman–Crippen MR) is 91.0 cm³/mol. The van der Waals surface area contributed by atoms with Gasteiger partial charge in [0.15, 0.2) is 0 Å². The predicted octanol–water partition coefficient (Wildman–Crippen LogP) is 3.74. The number of rotatable bonds is 4. The van der Waals surface area contributed by atoms with E-state index in [1.54, 1.807) is 20.8 Å². The molecule has 1 amide bonds. The van der Waals surface area contributed by atoms with Crippen LogP contribution in [-0.4, -0.2) is 23.0 Å². The normalized spacial score (nSPS) is 12.5. The van der Waals surface area contributed by atoms with E-state index in [-0.39, 0.29) is 0 Å². The average molecular weight is 313 g/mol. The third-order valence-corrected chi connectivity index (χ3v) is 3.17. The number of carbonyl (C=O) groups is 1. The summed E-state index contributed by atoms with van der Waals surface area (Å²) in [4.78, 5) is 11.6. The Labute approximate surface area is 137 Å². The van der Waals surface area contributed by atoms with Crippen molar-refractivity contribution >= 4 is 6.09 Å². The molecule has 122 valence electrons. The Morgan fingerprint density at radius 1 is 1.04 bits per heavy atom. The van der Waals surface area contributed by atoms with Crippen molar-refractivity contribution in [1.82, 2.24) is 5.32 Å². The van der Waals surface area contributed by atoms with Crippen molar-refractivity contribution in [2.24, 2.45) is 0 Å². The van der Waals surface area contributed by atoms with Crippen molar-refractivity contribution in [2.75, 3.05) is 0 Å². The van der Waals surface area contributed by atoms with E-state index in [9.17, 15) is 9.90 Å². The van der Waals surface area contributed by atoms with Crippen LogP contribution in [0.2, 0.25) is 0 Å². The number of hydrogen-bond donors (Lipinski definition) is 2. The van der Waals surface area contributed by atoms with E-state index in [1.807, 2.05) is 54.6 Å². The Kier molecular flexibility index (Phi) is 5.40. The van der Waals surface area contributed by atoms with Crippen molar-refractivity contribution in [3.8, 4) is 11.1 Å². The molecule has 0 saturated carbocycles. The molecule has 0 aliphatic carbocycles. The first kappa shape index (κ1) is 17.0. The quantitative estimate of drug-likeness (QED) is 0.845. The first-order valence-electron chi connectivity index (χ1n) is 7.65. The maximum absolute atomic E-state index is 11.6. The molecular formula is C19H23NO3. The van der Waals surface area contributed by atoms with Gasteiger partial charge in [-0.3, -0.25) is 5.32 Å². The molecule has 0 bridgehead atoms. The monoisotopic (exact) mass is 313 g/mol. The summed E-state index contributed by atoms with van der Waals surface area (Å²) in [6.07, 6.45) is -1.27. The summed E-state index contributed by atoms with van der Waals surface area (Å²) in [5.41, 5.74) is 2.62. The van der Waals surface area contributed by atoms with Gasteiger partial charge in [0.2, 0.25) is 0 Å². The standard InChI is InChI=1S/C19H23NO3/c1-19(2,3)23-18(22)20-17(21)13-14-9-11-16(12-10-14)15-7-5-4-6-8-15/h4-12,17,21H,13H2,1-3H3,(H,20,22). The number of carbonyl (C=O) groups excluding carboxylic acids is 1. The molecule has 2 rings (SSSR count). The SMILES string of the molecule is CC(C)(C)OC(=O)NC(O)Cc1ccc(-c2ccccc2)cc1. The minimum atomic E-state index is -0.979. The Hall–Kier alpha value is -2.33. The number of nitrogens with one attached hydrogen (secondary N) is 1. The second-order valence-electron chi connectivity index (χ2n) is 6.43. The molecule has 23 heavy (non-hydrogen) atoms. The zero-order valence-electron chi connectivity index (χ0n) is 13.7. The molecule has 0 heterocycles. The highest BCUT2D eigenvalue weighted by atomic mass is 16.6. The molecule has 2 N–H and O–H groups in total. The highest BCUT2D eigenvalue weighted by Gasteiger charge is 2.18. The van der Waals surface area contributed by atoms with Gasteiger partial charge < -0.3 is 9.84 Å². The van der Waals surface area contributed by atoms with Gasteiger partial charge >= 0.3 is 6.09 Å². The lowest BCUT2D eigenvalue weighted by atomic mass is 10.0. The molecule has 1 unspecified atom stereocenters. The maximum atomic E-state index is 11.6. The zero-order valence-corrected chi connectivity index (χ0v) is 13.7. The largest absolute Gasteiger partial charge is 0.444 e. The fourth-order valence-corrected chi connectivity index (χ4v) is 2.18. The minimum Gasteiger partial charge on any atom is -0.444 e. The van der Waals surface area contributed by atoms with Gasteiger partial charge in [-0.15, -0.1) is 0 Å². The average Bonchev–Trinajstić information content (AvgIpc) is 2.46. The van der Waals surface area contributed by atoms with Crippen molar-refractivity contribution < 1.29 is 14.6 Å². The molecule has 0 radical (unpaired) electrons. The van der Waals surface area contributed by atoms with Crippen LogP contribution in [0, 0.1) is 0 Å². The van der Waals surface area contributed by atoms with E-state index in [4.69, 9.17) is 4.74 Å². The molecule has 0 aromatic heterocycles. The highest BCUT2D eigenvalue weighted by molar-refractivity contribution is 5.68. The Morgan fingerprint density at radius 3 is 2.17 bits per heavy atom. The van der Waals surface area contributed by atoms with Crippen LogP contribution >= 0.6 is 0 Å². The molecule has 0 saturated heterocycles. The van der Waals surface area contributed by atoms with Crippen molar-refractivity contribution in [3.63, 3.8) is 0 Å². The number of amides is 1. The number of benzene rings is 2. The molecule has 2 aromatic rings. The summed E-state index contributed by atoms with van der Waals surface area (Å²) in [5.74, 6) is 0. The van der Waals surface area contributed by atoms with Crippen LogP contribution in [0.4, 0.5) is 4.79 Å². The lowest BCUT2D eigenvalue weighted by molar-refractivity contribution is 0.0360. The van der Waals surface area contributed by atoms with Gasteiger partial charge in [0.1, 0.15) is 11.8 Å². The van der Waals surface area contributed by atoms with Gasteiger partial charge in [0, 0.05) is 6.42 Å². The summed E-state index contributed by atoms with van der Waals surface area (Å²) in [5, 5.41) is 12.4. The molecule has 0 spiro atoms. The molecule has 0 fully saturated rings. The first-order valence-corrected chi connectivity index (χ1v) is 7.65. The van der Waals surface area contributed by atoms with E-state index in [2.05, 4.69) is 5.32 Å². The molecule has 4 nitrogen and oxygen atoms in total. The first-order chi connectivity index (χ1) is 10.8. The molecule has 0 aliphatic heterocycles. The van der Waals surface area contributed by atoms with Crippen LogP contribution < -0.4 is 5.32 Å². The molecule has 0 aliphatic rings. The summed E-state index contributed by atoms with van der Waals surface area (Å²) in [6, 6.07) is 18.0. The van der Waals surface area contributed by atoms with Gasteiger partial charge in [-0.25, -0.2) is 4.79 Å². The molecule has 2 aromatic carbocycles. The summed E-state index contributed by atoms with van der Waals surface area (Å²) in [6.45, 7) is 5.34. The third-order valence-electron chi connectivity index (χ3n) is 3.17. The lowest BCUT2D eigenvalue weighted by Crippen LogP contribution is -2.40. The van der Waals surface area contributed by atoms with Crippen LogP contribution in [0.15, 0.2) is 54.6 Å². The third kappa shape index (κ3) is 5.75. The lowest BCUT2D eigenvalue weighted by Gasteiger charge is -2.21. The second-order valence-corrected chi connectivity index (χ2v) is 6.43. The van der Waals surface area contributed by atoms with Crippen LogP contribution in [0.25, 0.3) is 11.1 Å². The maximum Gasteiger partial charge on any atom is 0.409 e. The fourth-order valence-electron chi connectivity index (χ4n) is 2.18. The van der Waals surface area contributed by atoms with E-state index in [1.165, 1.54) is 0 Å². The number of ether oxygens (including phenoxy) is 1. The number of aliphatic hydroxyl groups is 1. The Balaban J connectivity index is 1.92. The number of alkyl carbamates (subject to hydrolysis) is 1. The van der Waals surface area contributed by atoms with E-state index in [0.29, 0.717) is 6.42 Å². The number of aliphatic hydroxyl groups excluding tert-OH is 1. The summed E-state index contributed by atoms with van der Waals surface area (Å²) >= 11 is 0. The summed E-state index contributed by atoms with van der Waals surface area (Å²) < 4.78 is 5.11. The van der Waals surface area contributed by atoms with Crippen LogP contribution in [0.1, 0.15) is 26.3 Å². The number of hydrogen-bond acceptors (Lipinski definition) is 3.